The topological polar surface area (TPSA) is 31.2 Å². The van der Waals surface area contributed by atoms with Gasteiger partial charge < -0.3 is 9.30 Å². The van der Waals surface area contributed by atoms with Crippen LogP contribution in [0.5, 0.6) is 0 Å². The lowest BCUT2D eigenvalue weighted by molar-refractivity contribution is -0.148. The van der Waals surface area contributed by atoms with E-state index in [1.165, 1.54) is 13.8 Å². The molecule has 2 rings (SSSR count). The van der Waals surface area contributed by atoms with Gasteiger partial charge in [0.15, 0.2) is 0 Å². The fourth-order valence-electron chi connectivity index (χ4n) is 3.89. The first-order valence-corrected chi connectivity index (χ1v) is 8.28. The Kier molecular flexibility index (Phi) is 5.36. The normalized spacial score (nSPS) is 24.6. The molecular formula is C18H16ClF6NO2. The zero-order valence-electron chi connectivity index (χ0n) is 15.0. The van der Waals surface area contributed by atoms with Crippen molar-refractivity contribution in [3.05, 3.63) is 34.6 Å². The van der Waals surface area contributed by atoms with E-state index >= 15 is 0 Å². The molecule has 0 bridgehead atoms. The molecule has 10 heteroatoms. The van der Waals surface area contributed by atoms with Crippen LogP contribution in [-0.2, 0) is 27.7 Å². The quantitative estimate of drug-likeness (QED) is 0.389. The Morgan fingerprint density at radius 3 is 2.36 bits per heavy atom. The number of terminal acetylenes is 1. The molecule has 0 aliphatic heterocycles. The largest absolute Gasteiger partial charge is 0.468 e. The standard InChI is InChI=1S/C18H16ClF6NO2/c1-5-7-26-8-6-10(13(26)18(23,24)25)16(14(27)28-4)11(15(16,2)3)9-12(19)17(20,21)22/h1,6,8-9,11H,7H2,2-4H3/t11-,16+/m0/s1. The molecule has 0 unspecified atom stereocenters. The highest BCUT2D eigenvalue weighted by Crippen LogP contribution is 2.72. The molecule has 28 heavy (non-hydrogen) atoms. The summed E-state index contributed by atoms with van der Waals surface area (Å²) >= 11 is 5.30. The summed E-state index contributed by atoms with van der Waals surface area (Å²) in [4.78, 5) is 12.6. The van der Waals surface area contributed by atoms with E-state index in [0.29, 0.717) is 6.08 Å². The van der Waals surface area contributed by atoms with Crippen LogP contribution in [0.1, 0.15) is 25.1 Å². The first-order chi connectivity index (χ1) is 12.7. The lowest BCUT2D eigenvalue weighted by atomic mass is 9.87. The van der Waals surface area contributed by atoms with Gasteiger partial charge >= 0.3 is 18.3 Å². The average molecular weight is 428 g/mol. The van der Waals surface area contributed by atoms with Gasteiger partial charge in [-0.1, -0.05) is 37.4 Å². The lowest BCUT2D eigenvalue weighted by Crippen LogP contribution is -2.31. The summed E-state index contributed by atoms with van der Waals surface area (Å²) in [5.74, 6) is -0.288. The van der Waals surface area contributed by atoms with Crippen molar-refractivity contribution in [1.82, 2.24) is 4.57 Å². The molecular weight excluding hydrogens is 412 g/mol. The highest BCUT2D eigenvalue weighted by atomic mass is 35.5. The number of esters is 1. The first kappa shape index (κ1) is 22.2. The summed E-state index contributed by atoms with van der Waals surface area (Å²) in [6.07, 6.45) is -3.09. The van der Waals surface area contributed by atoms with E-state index in [1.54, 1.807) is 0 Å². The van der Waals surface area contributed by atoms with Crippen molar-refractivity contribution >= 4 is 17.6 Å². The predicted octanol–water partition coefficient (Wildman–Crippen LogP) is 4.89. The molecule has 2 atom stereocenters. The number of aromatic nitrogens is 1. The van der Waals surface area contributed by atoms with Gasteiger partial charge in [0.25, 0.3) is 0 Å². The van der Waals surface area contributed by atoms with Crippen LogP contribution in [0.15, 0.2) is 23.4 Å². The van der Waals surface area contributed by atoms with Crippen molar-refractivity contribution in [3.8, 4) is 12.3 Å². The fourth-order valence-corrected chi connectivity index (χ4v) is 4.02. The van der Waals surface area contributed by atoms with Crippen LogP contribution in [0, 0.1) is 23.7 Å². The Morgan fingerprint density at radius 2 is 1.93 bits per heavy atom. The third kappa shape index (κ3) is 3.17. The molecule has 1 heterocycles. The molecule has 1 aliphatic rings. The van der Waals surface area contributed by atoms with Gasteiger partial charge in [-0.3, -0.25) is 4.79 Å². The van der Waals surface area contributed by atoms with E-state index < -0.39 is 57.9 Å². The molecule has 1 saturated carbocycles. The van der Waals surface area contributed by atoms with Crippen LogP contribution < -0.4 is 0 Å². The third-order valence-electron chi connectivity index (χ3n) is 5.19. The number of carbonyl (C=O) groups is 1. The number of carbonyl (C=O) groups excluding carboxylic acids is 1. The highest BCUT2D eigenvalue weighted by molar-refractivity contribution is 6.30. The van der Waals surface area contributed by atoms with Crippen molar-refractivity contribution in [1.29, 1.82) is 0 Å². The average Bonchev–Trinajstić information content (AvgIpc) is 2.85. The molecule has 1 fully saturated rings. The Labute approximate surface area is 162 Å². The summed E-state index contributed by atoms with van der Waals surface area (Å²) < 4.78 is 85.3. The van der Waals surface area contributed by atoms with Crippen LogP contribution >= 0.6 is 11.6 Å². The van der Waals surface area contributed by atoms with E-state index in [4.69, 9.17) is 22.8 Å². The Bertz CT molecular complexity index is 859. The summed E-state index contributed by atoms with van der Waals surface area (Å²) in [5.41, 5.74) is -5.03. The van der Waals surface area contributed by atoms with Crippen molar-refractivity contribution in [2.45, 2.75) is 38.2 Å². The molecule has 154 valence electrons. The Morgan fingerprint density at radius 1 is 1.36 bits per heavy atom. The molecule has 1 aromatic heterocycles. The molecule has 0 amide bonds. The van der Waals surface area contributed by atoms with E-state index in [0.717, 1.165) is 23.9 Å². The van der Waals surface area contributed by atoms with E-state index in [1.807, 2.05) is 0 Å². The monoisotopic (exact) mass is 427 g/mol. The van der Waals surface area contributed by atoms with Gasteiger partial charge in [-0.25, -0.2) is 0 Å². The lowest BCUT2D eigenvalue weighted by Gasteiger charge is -2.21. The van der Waals surface area contributed by atoms with Gasteiger partial charge in [0.1, 0.15) is 16.1 Å². The summed E-state index contributed by atoms with van der Waals surface area (Å²) in [6, 6.07) is 1.04. The number of halogens is 7. The number of rotatable bonds is 4. The van der Waals surface area contributed by atoms with Gasteiger partial charge in [0.05, 0.1) is 13.7 Å². The molecule has 0 N–H and O–H groups in total. The number of hydrogen-bond donors (Lipinski definition) is 0. The molecule has 1 aromatic rings. The minimum absolute atomic E-state index is 0.434. The number of ether oxygens (including phenoxy) is 1. The fraction of sp³-hybridized carbons (Fsp3) is 0.500. The Balaban J connectivity index is 2.78. The van der Waals surface area contributed by atoms with Gasteiger partial charge in [-0.2, -0.15) is 26.3 Å². The van der Waals surface area contributed by atoms with Crippen molar-refractivity contribution in [2.75, 3.05) is 7.11 Å². The number of nitrogens with zero attached hydrogens (tertiary/aromatic N) is 1. The van der Waals surface area contributed by atoms with Crippen LogP contribution in [-0.4, -0.2) is 23.8 Å². The second-order valence-electron chi connectivity index (χ2n) is 6.92. The molecule has 1 aliphatic carbocycles. The second-order valence-corrected chi connectivity index (χ2v) is 7.33. The maximum absolute atomic E-state index is 13.8. The third-order valence-corrected chi connectivity index (χ3v) is 5.53. The highest BCUT2D eigenvalue weighted by Gasteiger charge is 2.78. The van der Waals surface area contributed by atoms with Crippen LogP contribution in [0.2, 0.25) is 0 Å². The molecule has 0 spiro atoms. The van der Waals surface area contributed by atoms with Crippen molar-refractivity contribution < 1.29 is 35.9 Å². The van der Waals surface area contributed by atoms with Crippen molar-refractivity contribution in [3.63, 3.8) is 0 Å². The van der Waals surface area contributed by atoms with Gasteiger partial charge in [-0.15, -0.1) is 6.42 Å². The second kappa shape index (κ2) is 6.76. The smallest absolute Gasteiger partial charge is 0.431 e. The first-order valence-electron chi connectivity index (χ1n) is 7.90. The maximum atomic E-state index is 13.8. The molecule has 0 aromatic carbocycles. The molecule has 3 nitrogen and oxygen atoms in total. The van der Waals surface area contributed by atoms with Crippen LogP contribution in [0.25, 0.3) is 0 Å². The maximum Gasteiger partial charge on any atom is 0.431 e. The summed E-state index contributed by atoms with van der Waals surface area (Å²) in [5, 5.41) is -1.52. The van der Waals surface area contributed by atoms with E-state index in [2.05, 4.69) is 5.92 Å². The SMILES string of the molecule is C#CCn1ccc([C@]2(C(=O)OC)[C@@H](C=C(Cl)C(F)(F)F)C2(C)C)c1C(F)(F)F. The van der Waals surface area contributed by atoms with Gasteiger partial charge in [-0.05, 0) is 11.5 Å². The van der Waals surface area contributed by atoms with Crippen LogP contribution in [0.4, 0.5) is 26.3 Å². The van der Waals surface area contributed by atoms with Crippen LogP contribution in [0.3, 0.4) is 0 Å². The van der Waals surface area contributed by atoms with Crippen molar-refractivity contribution in [2.24, 2.45) is 11.3 Å². The predicted molar refractivity (Wildman–Crippen MR) is 89.2 cm³/mol. The van der Waals surface area contributed by atoms with Gasteiger partial charge in [0, 0.05) is 17.7 Å². The minimum atomic E-state index is -4.91. The number of allylic oxidation sites excluding steroid dienone is 2. The van der Waals surface area contributed by atoms with E-state index in [-0.39, 0.29) is 0 Å². The Hall–Kier alpha value is -2.08. The van der Waals surface area contributed by atoms with Gasteiger partial charge in [0.2, 0.25) is 0 Å². The number of methoxy groups -OCH3 is 1. The number of hydrogen-bond acceptors (Lipinski definition) is 2. The minimum Gasteiger partial charge on any atom is -0.468 e. The summed E-state index contributed by atoms with van der Waals surface area (Å²) in [6.45, 7) is 2.32. The zero-order chi connectivity index (χ0) is 21.7. The molecule has 0 radical (unpaired) electrons. The zero-order valence-corrected chi connectivity index (χ0v) is 15.8. The number of alkyl halides is 6. The van der Waals surface area contributed by atoms with E-state index in [9.17, 15) is 31.1 Å². The summed E-state index contributed by atoms with van der Waals surface area (Å²) in [7, 11) is 0.955. The molecule has 0 saturated heterocycles.